The third kappa shape index (κ3) is 4.58. The van der Waals surface area contributed by atoms with Crippen molar-refractivity contribution in [1.29, 1.82) is 0 Å². The summed E-state index contributed by atoms with van der Waals surface area (Å²) in [6.07, 6.45) is 6.94. The van der Waals surface area contributed by atoms with Gasteiger partial charge in [-0.15, -0.1) is 0 Å². The fraction of sp³-hybridized carbons (Fsp3) is 0.650. The smallest absolute Gasteiger partial charge is 0.242 e. The second-order valence-corrected chi connectivity index (χ2v) is 9.74. The molecular weight excluding hydrogens is 348 g/mol. The van der Waals surface area contributed by atoms with Crippen molar-refractivity contribution in [3.8, 4) is 0 Å². The fourth-order valence-corrected chi connectivity index (χ4v) is 6.03. The first kappa shape index (κ1) is 19.2. The lowest BCUT2D eigenvalue weighted by molar-refractivity contribution is -0.134. The van der Waals surface area contributed by atoms with E-state index in [0.717, 1.165) is 37.8 Å². The maximum absolute atomic E-state index is 13.1. The zero-order valence-corrected chi connectivity index (χ0v) is 16.4. The van der Waals surface area contributed by atoms with Crippen LogP contribution in [-0.2, 0) is 21.1 Å². The number of sulfone groups is 1. The number of carbonyl (C=O) groups is 1. The molecule has 5 nitrogen and oxygen atoms in total. The van der Waals surface area contributed by atoms with E-state index in [9.17, 15) is 13.2 Å². The van der Waals surface area contributed by atoms with Crippen molar-refractivity contribution >= 4 is 21.4 Å². The minimum absolute atomic E-state index is 0.0323. The van der Waals surface area contributed by atoms with Gasteiger partial charge in [-0.1, -0.05) is 44.4 Å². The second kappa shape index (κ2) is 8.42. The first-order valence-electron chi connectivity index (χ1n) is 9.83. The molecule has 1 atom stereocenters. The lowest BCUT2D eigenvalue weighted by atomic mass is 9.93. The largest absolute Gasteiger partial charge is 0.376 e. The molecule has 1 N–H and O–H groups in total. The Bertz CT molecular complexity index is 726. The summed E-state index contributed by atoms with van der Waals surface area (Å²) in [5.41, 5.74) is 2.18. The van der Waals surface area contributed by atoms with Crippen molar-refractivity contribution in [1.82, 2.24) is 4.90 Å². The molecule has 1 aliphatic carbocycles. The van der Waals surface area contributed by atoms with E-state index in [-0.39, 0.29) is 36.0 Å². The van der Waals surface area contributed by atoms with Crippen LogP contribution < -0.4 is 5.32 Å². The minimum Gasteiger partial charge on any atom is -0.376 e. The summed E-state index contributed by atoms with van der Waals surface area (Å²) >= 11 is 0. The van der Waals surface area contributed by atoms with Gasteiger partial charge in [-0.25, -0.2) is 8.42 Å². The maximum atomic E-state index is 13.1. The molecule has 2 aliphatic rings. The standard InChI is InChI=1S/C20H30N2O3S/c1-2-16-8-6-7-11-19(16)21-14-20(23)22(17-9-4-3-5-10-17)18-12-13-26(24,25)15-18/h6-8,11,17-18,21H,2-5,9-10,12-15H2,1H3. The van der Waals surface area contributed by atoms with Gasteiger partial charge in [-0.05, 0) is 37.3 Å². The molecule has 6 heteroatoms. The van der Waals surface area contributed by atoms with Gasteiger partial charge in [-0.3, -0.25) is 4.79 Å². The van der Waals surface area contributed by atoms with Crippen LogP contribution in [0.3, 0.4) is 0 Å². The van der Waals surface area contributed by atoms with Crippen molar-refractivity contribution in [2.75, 3.05) is 23.4 Å². The molecule has 3 rings (SSSR count). The summed E-state index contributed by atoms with van der Waals surface area (Å²) in [4.78, 5) is 15.0. The summed E-state index contributed by atoms with van der Waals surface area (Å²) < 4.78 is 23.9. The molecule has 0 radical (unpaired) electrons. The molecular formula is C20H30N2O3S. The van der Waals surface area contributed by atoms with Crippen LogP contribution in [0, 0.1) is 0 Å². The molecule has 1 heterocycles. The summed E-state index contributed by atoms with van der Waals surface area (Å²) in [6, 6.07) is 8.07. The summed E-state index contributed by atoms with van der Waals surface area (Å²) in [5.74, 6) is 0.367. The van der Waals surface area contributed by atoms with E-state index in [1.54, 1.807) is 0 Å². The molecule has 1 aliphatic heterocycles. The topological polar surface area (TPSA) is 66.5 Å². The van der Waals surface area contributed by atoms with E-state index < -0.39 is 9.84 Å². The van der Waals surface area contributed by atoms with E-state index in [2.05, 4.69) is 18.3 Å². The van der Waals surface area contributed by atoms with Crippen LogP contribution in [0.4, 0.5) is 5.69 Å². The maximum Gasteiger partial charge on any atom is 0.242 e. The zero-order valence-electron chi connectivity index (χ0n) is 15.6. The Morgan fingerprint density at radius 1 is 1.12 bits per heavy atom. The van der Waals surface area contributed by atoms with Crippen LogP contribution >= 0.6 is 0 Å². The molecule has 26 heavy (non-hydrogen) atoms. The Morgan fingerprint density at radius 2 is 1.85 bits per heavy atom. The number of nitrogens with zero attached hydrogens (tertiary/aromatic N) is 1. The molecule has 1 unspecified atom stereocenters. The summed E-state index contributed by atoms with van der Waals surface area (Å²) in [7, 11) is -3.00. The zero-order chi connectivity index (χ0) is 18.6. The van der Waals surface area contributed by atoms with Crippen molar-refractivity contribution in [3.63, 3.8) is 0 Å². The summed E-state index contributed by atoms with van der Waals surface area (Å²) in [6.45, 7) is 2.32. The minimum atomic E-state index is -3.00. The van der Waals surface area contributed by atoms with Crippen LogP contribution in [0.25, 0.3) is 0 Å². The molecule has 1 aromatic rings. The number of benzene rings is 1. The molecule has 1 saturated heterocycles. The normalized spacial score (nSPS) is 22.9. The Morgan fingerprint density at radius 3 is 2.50 bits per heavy atom. The predicted molar refractivity (Wildman–Crippen MR) is 105 cm³/mol. The van der Waals surface area contributed by atoms with Gasteiger partial charge in [0.25, 0.3) is 0 Å². The van der Waals surface area contributed by atoms with E-state index in [0.29, 0.717) is 6.42 Å². The second-order valence-electron chi connectivity index (χ2n) is 7.51. The van der Waals surface area contributed by atoms with Crippen molar-refractivity contribution in [2.24, 2.45) is 0 Å². The molecule has 1 saturated carbocycles. The first-order chi connectivity index (χ1) is 12.5. The molecule has 0 bridgehead atoms. The van der Waals surface area contributed by atoms with Gasteiger partial charge < -0.3 is 10.2 Å². The number of para-hydroxylation sites is 1. The van der Waals surface area contributed by atoms with Gasteiger partial charge in [0.1, 0.15) is 0 Å². The van der Waals surface area contributed by atoms with Crippen molar-refractivity contribution < 1.29 is 13.2 Å². The van der Waals surface area contributed by atoms with Gasteiger partial charge >= 0.3 is 0 Å². The SMILES string of the molecule is CCc1ccccc1NCC(=O)N(C1CCCCC1)C1CCS(=O)(=O)C1. The van der Waals surface area contributed by atoms with Crippen LogP contribution in [0.5, 0.6) is 0 Å². The van der Waals surface area contributed by atoms with Crippen molar-refractivity contribution in [3.05, 3.63) is 29.8 Å². The number of aryl methyl sites for hydroxylation is 1. The monoisotopic (exact) mass is 378 g/mol. The number of hydrogen-bond acceptors (Lipinski definition) is 4. The Balaban J connectivity index is 1.72. The van der Waals surface area contributed by atoms with Crippen molar-refractivity contribution in [2.45, 2.75) is 64.0 Å². The lowest BCUT2D eigenvalue weighted by Gasteiger charge is -2.38. The number of nitrogens with one attached hydrogen (secondary N) is 1. The highest BCUT2D eigenvalue weighted by atomic mass is 32.2. The predicted octanol–water partition coefficient (Wildman–Crippen LogP) is 3.01. The average molecular weight is 379 g/mol. The van der Waals surface area contributed by atoms with Gasteiger partial charge in [0, 0.05) is 17.8 Å². The molecule has 1 aromatic carbocycles. The molecule has 0 spiro atoms. The number of anilines is 1. The molecule has 2 fully saturated rings. The van der Waals surface area contributed by atoms with E-state index in [1.807, 2.05) is 23.1 Å². The number of carbonyl (C=O) groups excluding carboxylic acids is 1. The lowest BCUT2D eigenvalue weighted by Crippen LogP contribution is -2.50. The van der Waals surface area contributed by atoms with Crippen LogP contribution in [0.15, 0.2) is 24.3 Å². The van der Waals surface area contributed by atoms with Gasteiger partial charge in [0.15, 0.2) is 9.84 Å². The number of hydrogen-bond donors (Lipinski definition) is 1. The Labute approximate surface area is 157 Å². The highest BCUT2D eigenvalue weighted by Crippen LogP contribution is 2.28. The molecule has 1 amide bonds. The summed E-state index contributed by atoms with van der Waals surface area (Å²) in [5, 5.41) is 3.29. The highest BCUT2D eigenvalue weighted by Gasteiger charge is 2.38. The number of rotatable bonds is 6. The van der Waals surface area contributed by atoms with Crippen LogP contribution in [0.2, 0.25) is 0 Å². The third-order valence-corrected chi connectivity index (χ3v) is 7.44. The molecule has 0 aromatic heterocycles. The Hall–Kier alpha value is -1.56. The Kier molecular flexibility index (Phi) is 6.22. The van der Waals surface area contributed by atoms with Gasteiger partial charge in [-0.2, -0.15) is 0 Å². The fourth-order valence-electron chi connectivity index (χ4n) is 4.32. The van der Waals surface area contributed by atoms with Gasteiger partial charge in [0.2, 0.25) is 5.91 Å². The van der Waals surface area contributed by atoms with E-state index >= 15 is 0 Å². The van der Waals surface area contributed by atoms with Crippen LogP contribution in [0.1, 0.15) is 51.0 Å². The number of amides is 1. The van der Waals surface area contributed by atoms with E-state index in [4.69, 9.17) is 0 Å². The van der Waals surface area contributed by atoms with Gasteiger partial charge in [0.05, 0.1) is 18.1 Å². The highest BCUT2D eigenvalue weighted by molar-refractivity contribution is 7.91. The first-order valence-corrected chi connectivity index (χ1v) is 11.7. The third-order valence-electron chi connectivity index (χ3n) is 5.69. The van der Waals surface area contributed by atoms with Crippen LogP contribution in [-0.4, -0.2) is 49.4 Å². The average Bonchev–Trinajstić information content (AvgIpc) is 3.00. The quantitative estimate of drug-likeness (QED) is 0.826. The molecule has 144 valence electrons. The van der Waals surface area contributed by atoms with E-state index in [1.165, 1.54) is 12.0 Å².